The minimum Gasteiger partial charge on any atom is -0.392 e. The van der Waals surface area contributed by atoms with Gasteiger partial charge in [0.1, 0.15) is 0 Å². The molecule has 0 atom stereocenters. The van der Waals surface area contributed by atoms with Gasteiger partial charge in [0.25, 0.3) is 0 Å². The fourth-order valence-corrected chi connectivity index (χ4v) is 2.50. The fraction of sp³-hybridized carbons (Fsp3) is 0.308. The van der Waals surface area contributed by atoms with Crippen molar-refractivity contribution in [1.82, 2.24) is 4.98 Å². The molecule has 0 spiro atoms. The maximum absolute atomic E-state index is 12.1. The van der Waals surface area contributed by atoms with Crippen molar-refractivity contribution in [2.75, 3.05) is 5.32 Å². The Morgan fingerprint density at radius 1 is 1.47 bits per heavy atom. The Bertz CT molecular complexity index is 661. The van der Waals surface area contributed by atoms with Crippen LogP contribution in [0.5, 0.6) is 0 Å². The summed E-state index contributed by atoms with van der Waals surface area (Å²) in [4.78, 5) is 16.6. The summed E-state index contributed by atoms with van der Waals surface area (Å²) in [6.45, 7) is 5.41. The zero-order chi connectivity index (χ0) is 14.2. The summed E-state index contributed by atoms with van der Waals surface area (Å²) in [6.07, 6.45) is 0. The lowest BCUT2D eigenvalue weighted by molar-refractivity contribution is -0.121. The number of hydrogen-bond acceptors (Lipinski definition) is 4. The second-order valence-electron chi connectivity index (χ2n) is 4.93. The van der Waals surface area contributed by atoms with Gasteiger partial charge in [-0.2, -0.15) is 0 Å². The highest BCUT2D eigenvalue weighted by Crippen LogP contribution is 2.28. The quantitative estimate of drug-likeness (QED) is 0.854. The molecule has 0 aliphatic carbocycles. The van der Waals surface area contributed by atoms with Gasteiger partial charge >= 0.3 is 0 Å². The van der Waals surface area contributed by atoms with E-state index in [-0.39, 0.29) is 10.9 Å². The highest BCUT2D eigenvalue weighted by Gasteiger charge is 2.31. The molecule has 0 bridgehead atoms. The van der Waals surface area contributed by atoms with Crippen LogP contribution in [0, 0.1) is 12.3 Å². The fourth-order valence-electron chi connectivity index (χ4n) is 1.45. The number of amides is 1. The number of carbonyl (C=O) groups excluding carboxylic acids is 1. The molecule has 0 aliphatic heterocycles. The van der Waals surface area contributed by atoms with Crippen LogP contribution in [0.3, 0.4) is 0 Å². The topological polar surface area (TPSA) is 68.0 Å². The first kappa shape index (κ1) is 13.9. The SMILES string of the molecule is Cc1ccc2nc(NC(=O)C(C)(C)C(N)=S)sc2c1. The first-order valence-electron chi connectivity index (χ1n) is 5.79. The molecule has 2 aromatic rings. The van der Waals surface area contributed by atoms with Crippen molar-refractivity contribution in [2.24, 2.45) is 11.1 Å². The Balaban J connectivity index is 2.27. The van der Waals surface area contributed by atoms with E-state index in [9.17, 15) is 4.79 Å². The van der Waals surface area contributed by atoms with Crippen LogP contribution >= 0.6 is 23.6 Å². The smallest absolute Gasteiger partial charge is 0.238 e. The Morgan fingerprint density at radius 2 is 2.16 bits per heavy atom. The normalized spacial score (nSPS) is 11.5. The third kappa shape index (κ3) is 2.74. The van der Waals surface area contributed by atoms with E-state index < -0.39 is 5.41 Å². The third-order valence-corrected chi connectivity index (χ3v) is 4.39. The van der Waals surface area contributed by atoms with Gasteiger partial charge in [-0.1, -0.05) is 29.6 Å². The molecule has 100 valence electrons. The predicted molar refractivity (Wildman–Crippen MR) is 83.6 cm³/mol. The zero-order valence-corrected chi connectivity index (χ0v) is 12.6. The zero-order valence-electron chi connectivity index (χ0n) is 11.0. The second-order valence-corrected chi connectivity index (χ2v) is 6.40. The average Bonchev–Trinajstić information content (AvgIpc) is 2.69. The number of rotatable bonds is 3. The van der Waals surface area contributed by atoms with Crippen LogP contribution in [0.4, 0.5) is 5.13 Å². The van der Waals surface area contributed by atoms with E-state index >= 15 is 0 Å². The summed E-state index contributed by atoms with van der Waals surface area (Å²) in [5.41, 5.74) is 6.73. The van der Waals surface area contributed by atoms with E-state index in [2.05, 4.69) is 10.3 Å². The van der Waals surface area contributed by atoms with Gasteiger partial charge < -0.3 is 11.1 Å². The molecule has 2 rings (SSSR count). The van der Waals surface area contributed by atoms with Gasteiger partial charge in [0.05, 0.1) is 20.6 Å². The first-order chi connectivity index (χ1) is 8.80. The van der Waals surface area contributed by atoms with Crippen LogP contribution < -0.4 is 11.1 Å². The van der Waals surface area contributed by atoms with E-state index in [0.29, 0.717) is 5.13 Å². The van der Waals surface area contributed by atoms with E-state index in [0.717, 1.165) is 15.8 Å². The van der Waals surface area contributed by atoms with Gasteiger partial charge in [0.15, 0.2) is 5.13 Å². The number of benzene rings is 1. The van der Waals surface area contributed by atoms with Crippen LogP contribution in [-0.4, -0.2) is 15.9 Å². The number of aromatic nitrogens is 1. The summed E-state index contributed by atoms with van der Waals surface area (Å²) in [7, 11) is 0. The van der Waals surface area contributed by atoms with Crippen LogP contribution in [0.1, 0.15) is 19.4 Å². The number of thiazole rings is 1. The number of aryl methyl sites for hydroxylation is 1. The molecule has 6 heteroatoms. The Hall–Kier alpha value is -1.53. The van der Waals surface area contributed by atoms with E-state index in [4.69, 9.17) is 18.0 Å². The number of nitrogens with one attached hydrogen (secondary N) is 1. The number of anilines is 1. The second kappa shape index (κ2) is 4.86. The first-order valence-corrected chi connectivity index (χ1v) is 7.02. The minimum absolute atomic E-state index is 0.168. The molecule has 0 saturated carbocycles. The summed E-state index contributed by atoms with van der Waals surface area (Å²) in [5.74, 6) is -0.240. The number of nitrogens with two attached hydrogens (primary N) is 1. The Kier molecular flexibility index (Phi) is 3.56. The largest absolute Gasteiger partial charge is 0.392 e. The Morgan fingerprint density at radius 3 is 2.79 bits per heavy atom. The molecule has 0 fully saturated rings. The average molecular weight is 293 g/mol. The maximum atomic E-state index is 12.1. The van der Waals surface area contributed by atoms with Crippen molar-refractivity contribution in [2.45, 2.75) is 20.8 Å². The van der Waals surface area contributed by atoms with E-state index in [1.807, 2.05) is 25.1 Å². The van der Waals surface area contributed by atoms with Gasteiger partial charge in [-0.3, -0.25) is 4.79 Å². The van der Waals surface area contributed by atoms with Crippen molar-refractivity contribution in [3.8, 4) is 0 Å². The lowest BCUT2D eigenvalue weighted by Crippen LogP contribution is -2.41. The molecule has 1 aromatic heterocycles. The number of fused-ring (bicyclic) bond motifs is 1. The molecule has 0 radical (unpaired) electrons. The van der Waals surface area contributed by atoms with Crippen molar-refractivity contribution >= 4 is 49.8 Å². The van der Waals surface area contributed by atoms with Gasteiger partial charge in [-0.05, 0) is 38.5 Å². The van der Waals surface area contributed by atoms with Gasteiger partial charge in [0, 0.05) is 0 Å². The van der Waals surface area contributed by atoms with Crippen molar-refractivity contribution in [3.63, 3.8) is 0 Å². The van der Waals surface area contributed by atoms with Gasteiger partial charge in [-0.15, -0.1) is 0 Å². The number of thiocarbonyl (C=S) groups is 1. The van der Waals surface area contributed by atoms with Crippen molar-refractivity contribution < 1.29 is 4.79 Å². The van der Waals surface area contributed by atoms with Crippen LogP contribution in [0.25, 0.3) is 10.2 Å². The van der Waals surface area contributed by atoms with Crippen LogP contribution in [0.15, 0.2) is 18.2 Å². The molecule has 0 saturated heterocycles. The molecule has 1 amide bonds. The highest BCUT2D eigenvalue weighted by atomic mass is 32.1. The minimum atomic E-state index is -0.886. The lowest BCUT2D eigenvalue weighted by Gasteiger charge is -2.20. The summed E-state index contributed by atoms with van der Waals surface area (Å²) < 4.78 is 1.04. The molecular formula is C13H15N3OS2. The van der Waals surface area contributed by atoms with Crippen LogP contribution in [0.2, 0.25) is 0 Å². The van der Waals surface area contributed by atoms with Gasteiger partial charge in [-0.25, -0.2) is 4.98 Å². The number of hydrogen-bond donors (Lipinski definition) is 2. The third-order valence-electron chi connectivity index (χ3n) is 2.95. The van der Waals surface area contributed by atoms with E-state index in [1.54, 1.807) is 13.8 Å². The van der Waals surface area contributed by atoms with Crippen molar-refractivity contribution in [1.29, 1.82) is 0 Å². The molecular weight excluding hydrogens is 278 g/mol. The molecule has 0 unspecified atom stereocenters. The highest BCUT2D eigenvalue weighted by molar-refractivity contribution is 7.80. The molecule has 19 heavy (non-hydrogen) atoms. The standard InChI is InChI=1S/C13H15N3OS2/c1-7-4-5-8-9(6-7)19-12(15-8)16-11(17)13(2,3)10(14)18/h4-6H,1-3H3,(H2,14,18)(H,15,16,17). The summed E-state index contributed by atoms with van der Waals surface area (Å²) in [6, 6.07) is 5.98. The maximum Gasteiger partial charge on any atom is 0.238 e. The summed E-state index contributed by atoms with van der Waals surface area (Å²) in [5, 5.41) is 3.34. The summed E-state index contributed by atoms with van der Waals surface area (Å²) >= 11 is 6.35. The van der Waals surface area contributed by atoms with E-state index in [1.165, 1.54) is 11.3 Å². The molecule has 4 nitrogen and oxygen atoms in total. The predicted octanol–water partition coefficient (Wildman–Crippen LogP) is 2.86. The molecule has 1 aromatic carbocycles. The molecule has 3 N–H and O–H groups in total. The Labute approximate surface area is 121 Å². The van der Waals surface area contributed by atoms with Crippen LogP contribution in [-0.2, 0) is 4.79 Å². The monoisotopic (exact) mass is 293 g/mol. The van der Waals surface area contributed by atoms with Gasteiger partial charge in [0.2, 0.25) is 5.91 Å². The molecule has 1 heterocycles. The number of carbonyl (C=O) groups is 1. The van der Waals surface area contributed by atoms with Crippen molar-refractivity contribution in [3.05, 3.63) is 23.8 Å². The lowest BCUT2D eigenvalue weighted by atomic mass is 9.92. The molecule has 0 aliphatic rings. The number of nitrogens with zero attached hydrogens (tertiary/aromatic N) is 1.